The first kappa shape index (κ1) is 27.1. The topological polar surface area (TPSA) is 102 Å². The summed E-state index contributed by atoms with van der Waals surface area (Å²) in [7, 11) is 1.48. The summed E-state index contributed by atoms with van der Waals surface area (Å²) in [5.74, 6) is -1.54. The fourth-order valence-electron chi connectivity index (χ4n) is 4.21. The first-order valence-corrected chi connectivity index (χ1v) is 11.7. The Morgan fingerprint density at radius 2 is 1.86 bits per heavy atom. The van der Waals surface area contributed by atoms with Crippen LogP contribution in [-0.2, 0) is 10.9 Å². The summed E-state index contributed by atoms with van der Waals surface area (Å²) in [6, 6.07) is 7.93. The van der Waals surface area contributed by atoms with Gasteiger partial charge in [0.2, 0.25) is 5.76 Å². The lowest BCUT2D eigenvalue weighted by Crippen LogP contribution is -2.39. The van der Waals surface area contributed by atoms with E-state index < -0.39 is 29.5 Å². The van der Waals surface area contributed by atoms with Crippen LogP contribution in [-0.4, -0.2) is 37.6 Å². The van der Waals surface area contributed by atoms with Gasteiger partial charge in [-0.1, -0.05) is 12.1 Å². The number of nitrogens with one attached hydrogen (secondary N) is 2. The number of methoxy groups -OCH3 is 1. The maximum absolute atomic E-state index is 13.4. The molecule has 1 aromatic carbocycles. The maximum atomic E-state index is 13.4. The first-order chi connectivity index (χ1) is 17.1. The number of nitrogens with zero attached hydrogens (tertiary/aromatic N) is 1. The Kier molecular flexibility index (Phi) is 9.00. The van der Waals surface area contributed by atoms with Crippen LogP contribution in [0.2, 0.25) is 0 Å². The molecule has 0 saturated heterocycles. The molecule has 0 spiro atoms. The van der Waals surface area contributed by atoms with Crippen LogP contribution >= 0.6 is 0 Å². The molecule has 0 aliphatic heterocycles. The minimum Gasteiger partial charge on any atom is -0.494 e. The van der Waals surface area contributed by atoms with Crippen LogP contribution < -0.4 is 15.4 Å². The lowest BCUT2D eigenvalue weighted by atomic mass is 9.84. The summed E-state index contributed by atoms with van der Waals surface area (Å²) in [4.78, 5) is 29.1. The van der Waals surface area contributed by atoms with Crippen LogP contribution in [0.5, 0.6) is 5.75 Å². The van der Waals surface area contributed by atoms with Crippen molar-refractivity contribution in [1.82, 2.24) is 10.6 Å². The number of benzene rings is 1. The molecule has 2 amide bonds. The van der Waals surface area contributed by atoms with Crippen LogP contribution in [0, 0.1) is 12.8 Å². The molecule has 1 aromatic heterocycles. The normalized spacial score (nSPS) is 18.4. The quantitative estimate of drug-likeness (QED) is 0.364. The zero-order chi connectivity index (χ0) is 26.3. The summed E-state index contributed by atoms with van der Waals surface area (Å²) < 4.78 is 55.2. The molecule has 0 radical (unpaired) electrons. The molecule has 3 rings (SSSR count). The van der Waals surface area contributed by atoms with Gasteiger partial charge >= 0.3 is 12.3 Å². The zero-order valence-corrected chi connectivity index (χ0v) is 20.4. The number of hydrogen-bond donors (Lipinski definition) is 2. The highest BCUT2D eigenvalue weighted by Crippen LogP contribution is 2.34. The highest BCUT2D eigenvalue weighted by atomic mass is 19.4. The monoisotopic (exact) mass is 509 g/mol. The average molecular weight is 510 g/mol. The number of carbonyl (C=O) groups excluding carboxylic acids is 2. The van der Waals surface area contributed by atoms with Crippen LogP contribution in [0.3, 0.4) is 0 Å². The molecular weight excluding hydrogens is 479 g/mol. The van der Waals surface area contributed by atoms with Crippen LogP contribution in [0.4, 0.5) is 23.7 Å². The summed E-state index contributed by atoms with van der Waals surface area (Å²) in [5, 5.41) is 5.40. The van der Waals surface area contributed by atoms with Crippen molar-refractivity contribution in [3.8, 4) is 5.75 Å². The van der Waals surface area contributed by atoms with Crippen LogP contribution in [0.25, 0.3) is 0 Å². The SMILES string of the molecule is CCOC(=O)NC1CCC(CC(=Nc2ccccc2OC)NC(=O)c2cc(C)oc2C(F)(F)F)CC1. The number of alkyl carbamates (subject to hydrolysis) is 1. The van der Waals surface area contributed by atoms with E-state index in [0.29, 0.717) is 30.7 Å². The second-order valence-corrected chi connectivity index (χ2v) is 8.57. The average Bonchev–Trinajstić information content (AvgIpc) is 3.23. The van der Waals surface area contributed by atoms with E-state index in [4.69, 9.17) is 13.9 Å². The van der Waals surface area contributed by atoms with Crippen molar-refractivity contribution < 1.29 is 36.7 Å². The van der Waals surface area contributed by atoms with Crippen LogP contribution in [0.15, 0.2) is 39.7 Å². The van der Waals surface area contributed by atoms with E-state index in [1.54, 1.807) is 31.2 Å². The fourth-order valence-corrected chi connectivity index (χ4v) is 4.21. The number of aryl methyl sites for hydroxylation is 1. The third-order valence-corrected chi connectivity index (χ3v) is 5.88. The molecule has 1 aliphatic carbocycles. The summed E-state index contributed by atoms with van der Waals surface area (Å²) in [5.41, 5.74) is -0.164. The summed E-state index contributed by atoms with van der Waals surface area (Å²) >= 11 is 0. The second-order valence-electron chi connectivity index (χ2n) is 8.57. The van der Waals surface area contributed by atoms with E-state index in [-0.39, 0.29) is 30.2 Å². The number of ether oxygens (including phenoxy) is 2. The summed E-state index contributed by atoms with van der Waals surface area (Å²) in [6.07, 6.45) is -2.06. The Labute approximate surface area is 207 Å². The van der Waals surface area contributed by atoms with E-state index in [1.807, 2.05) is 0 Å². The molecule has 11 heteroatoms. The Morgan fingerprint density at radius 3 is 2.50 bits per heavy atom. The number of rotatable bonds is 7. The highest BCUT2D eigenvalue weighted by molar-refractivity contribution is 6.07. The number of alkyl halides is 3. The molecular formula is C25H30F3N3O5. The Morgan fingerprint density at radius 1 is 1.17 bits per heavy atom. The lowest BCUT2D eigenvalue weighted by Gasteiger charge is -2.29. The Hall–Kier alpha value is -3.50. The Balaban J connectivity index is 1.79. The van der Waals surface area contributed by atoms with Gasteiger partial charge in [0.05, 0.1) is 19.3 Å². The van der Waals surface area contributed by atoms with E-state index in [1.165, 1.54) is 14.0 Å². The van der Waals surface area contributed by atoms with Gasteiger partial charge in [0, 0.05) is 12.5 Å². The van der Waals surface area contributed by atoms with Gasteiger partial charge in [-0.3, -0.25) is 4.79 Å². The predicted molar refractivity (Wildman–Crippen MR) is 127 cm³/mol. The molecule has 1 aliphatic rings. The van der Waals surface area contributed by atoms with E-state index >= 15 is 0 Å². The molecule has 8 nitrogen and oxygen atoms in total. The van der Waals surface area contributed by atoms with E-state index in [0.717, 1.165) is 18.9 Å². The third-order valence-electron chi connectivity index (χ3n) is 5.88. The van der Waals surface area contributed by atoms with Gasteiger partial charge in [-0.15, -0.1) is 0 Å². The number of halogens is 3. The van der Waals surface area contributed by atoms with Gasteiger partial charge < -0.3 is 24.5 Å². The van der Waals surface area contributed by atoms with Crippen molar-refractivity contribution in [2.24, 2.45) is 10.9 Å². The number of para-hydroxylation sites is 2. The molecule has 0 unspecified atom stereocenters. The molecule has 1 saturated carbocycles. The van der Waals surface area contributed by atoms with Crippen molar-refractivity contribution >= 4 is 23.5 Å². The van der Waals surface area contributed by atoms with Crippen molar-refractivity contribution in [1.29, 1.82) is 0 Å². The number of amidine groups is 1. The number of amides is 2. The molecule has 0 bridgehead atoms. The van der Waals surface area contributed by atoms with E-state index in [2.05, 4.69) is 15.6 Å². The number of hydrogen-bond acceptors (Lipinski definition) is 6. The van der Waals surface area contributed by atoms with Gasteiger partial charge in [0.25, 0.3) is 5.91 Å². The first-order valence-electron chi connectivity index (χ1n) is 11.7. The molecule has 196 valence electrons. The largest absolute Gasteiger partial charge is 0.494 e. The minimum absolute atomic E-state index is 0.0206. The Bertz CT molecular complexity index is 1090. The predicted octanol–water partition coefficient (Wildman–Crippen LogP) is 5.77. The molecule has 36 heavy (non-hydrogen) atoms. The number of aliphatic imine (C=N–C) groups is 1. The molecule has 1 fully saturated rings. The standard InChI is InChI=1S/C25H30F3N3O5/c1-4-35-24(33)29-17-11-9-16(10-12-17)14-21(30-19-7-5-6-8-20(19)34-3)31-23(32)18-13-15(2)36-22(18)25(26,27)28/h5-8,13,16-17H,4,9-12,14H2,1-3H3,(H,29,33)(H,30,31,32). The van der Waals surface area contributed by atoms with Gasteiger partial charge in [-0.05, 0) is 63.6 Å². The van der Waals surface area contributed by atoms with Gasteiger partial charge in [-0.25, -0.2) is 9.79 Å². The number of furan rings is 1. The van der Waals surface area contributed by atoms with Gasteiger partial charge in [-0.2, -0.15) is 13.2 Å². The lowest BCUT2D eigenvalue weighted by molar-refractivity contribution is -0.153. The van der Waals surface area contributed by atoms with Crippen molar-refractivity contribution in [3.05, 3.63) is 47.4 Å². The fraction of sp³-hybridized carbons (Fsp3) is 0.480. The van der Waals surface area contributed by atoms with Gasteiger partial charge in [0.1, 0.15) is 23.0 Å². The molecule has 0 atom stereocenters. The van der Waals surface area contributed by atoms with Crippen molar-refractivity contribution in [3.63, 3.8) is 0 Å². The smallest absolute Gasteiger partial charge is 0.450 e. The minimum atomic E-state index is -4.81. The molecule has 1 heterocycles. The van der Waals surface area contributed by atoms with E-state index in [9.17, 15) is 22.8 Å². The van der Waals surface area contributed by atoms with Crippen molar-refractivity contribution in [2.45, 2.75) is 58.2 Å². The van der Waals surface area contributed by atoms with Crippen molar-refractivity contribution in [2.75, 3.05) is 13.7 Å². The van der Waals surface area contributed by atoms with Gasteiger partial charge in [0.15, 0.2) is 0 Å². The molecule has 2 aromatic rings. The molecule has 2 N–H and O–H groups in total. The third kappa shape index (κ3) is 7.25. The number of carbonyl (C=O) groups is 2. The van der Waals surface area contributed by atoms with Crippen LogP contribution in [0.1, 0.15) is 60.9 Å². The second kappa shape index (κ2) is 12.0. The maximum Gasteiger partial charge on any atom is 0.450 e. The summed E-state index contributed by atoms with van der Waals surface area (Å²) in [6.45, 7) is 3.37. The highest BCUT2D eigenvalue weighted by Gasteiger charge is 2.40. The zero-order valence-electron chi connectivity index (χ0n) is 20.4.